The Kier molecular flexibility index (Phi) is 6.58. The van der Waals surface area contributed by atoms with Crippen molar-refractivity contribution in [2.45, 2.75) is 58.4 Å². The maximum absolute atomic E-state index is 13.0. The smallest absolute Gasteiger partial charge is 0.295 e. The van der Waals surface area contributed by atoms with Crippen LogP contribution >= 0.6 is 0 Å². The zero-order chi connectivity index (χ0) is 22.8. The molecular formula is C25H31NO5. The molecule has 31 heavy (non-hydrogen) atoms. The lowest BCUT2D eigenvalue weighted by Crippen LogP contribution is -2.30. The third kappa shape index (κ3) is 4.38. The van der Waals surface area contributed by atoms with Crippen molar-refractivity contribution in [2.24, 2.45) is 0 Å². The van der Waals surface area contributed by atoms with E-state index in [2.05, 4.69) is 6.92 Å². The molecule has 1 aromatic carbocycles. The van der Waals surface area contributed by atoms with Gasteiger partial charge in [-0.1, -0.05) is 40.5 Å². The molecule has 0 bridgehead atoms. The van der Waals surface area contributed by atoms with Gasteiger partial charge in [0.2, 0.25) is 0 Å². The highest BCUT2D eigenvalue weighted by atomic mass is 16.5. The number of amides is 1. The molecule has 166 valence electrons. The Morgan fingerprint density at radius 1 is 1.19 bits per heavy atom. The van der Waals surface area contributed by atoms with Crippen molar-refractivity contribution in [1.29, 1.82) is 0 Å². The van der Waals surface area contributed by atoms with E-state index >= 15 is 0 Å². The van der Waals surface area contributed by atoms with Gasteiger partial charge in [0.1, 0.15) is 23.3 Å². The molecule has 0 radical (unpaired) electrons. The SMILES string of the molecule is CCCCCN1C(=O)C(=O)/C(=C(\O)c2ccc(OC)c(C(C)(C)C)c2)C1c1ccco1. The van der Waals surface area contributed by atoms with Crippen molar-refractivity contribution in [1.82, 2.24) is 4.90 Å². The van der Waals surface area contributed by atoms with Crippen LogP contribution in [0.3, 0.4) is 0 Å². The molecule has 1 unspecified atom stereocenters. The molecule has 1 aliphatic heterocycles. The molecule has 0 aliphatic carbocycles. The van der Waals surface area contributed by atoms with Crippen LogP contribution in [0.15, 0.2) is 46.6 Å². The summed E-state index contributed by atoms with van der Waals surface area (Å²) in [4.78, 5) is 27.4. The standard InChI is InChI=1S/C25H31NO5/c1-6-7-8-13-26-21(19-10-9-14-31-19)20(23(28)24(26)29)22(27)16-11-12-18(30-5)17(15-16)25(2,3)4/h9-12,14-15,21,27H,6-8,13H2,1-5H3/b22-20-. The fourth-order valence-corrected chi connectivity index (χ4v) is 3.98. The quantitative estimate of drug-likeness (QED) is 0.285. The van der Waals surface area contributed by atoms with Crippen LogP contribution in [0.1, 0.15) is 69.9 Å². The van der Waals surface area contributed by atoms with E-state index in [-0.39, 0.29) is 16.7 Å². The maximum Gasteiger partial charge on any atom is 0.295 e. The van der Waals surface area contributed by atoms with Gasteiger partial charge < -0.3 is 19.2 Å². The van der Waals surface area contributed by atoms with Crippen molar-refractivity contribution in [2.75, 3.05) is 13.7 Å². The summed E-state index contributed by atoms with van der Waals surface area (Å²) in [5, 5.41) is 11.2. The molecule has 2 aromatic rings. The Balaban J connectivity index is 2.13. The molecule has 0 spiro atoms. The van der Waals surface area contributed by atoms with Crippen molar-refractivity contribution in [3.63, 3.8) is 0 Å². The van der Waals surface area contributed by atoms with Gasteiger partial charge in [0.15, 0.2) is 0 Å². The molecule has 6 nitrogen and oxygen atoms in total. The largest absolute Gasteiger partial charge is 0.507 e. The normalized spacial score (nSPS) is 18.6. The molecule has 2 heterocycles. The number of hydrogen-bond donors (Lipinski definition) is 1. The van der Waals surface area contributed by atoms with E-state index in [4.69, 9.17) is 9.15 Å². The number of nitrogens with zero attached hydrogens (tertiary/aromatic N) is 1. The lowest BCUT2D eigenvalue weighted by atomic mass is 9.84. The highest BCUT2D eigenvalue weighted by molar-refractivity contribution is 6.46. The van der Waals surface area contributed by atoms with Crippen LogP contribution in [0, 0.1) is 0 Å². The number of aliphatic hydroxyl groups excluding tert-OH is 1. The van der Waals surface area contributed by atoms with Crippen LogP contribution < -0.4 is 4.74 Å². The number of carbonyl (C=O) groups excluding carboxylic acids is 2. The van der Waals surface area contributed by atoms with E-state index in [1.54, 1.807) is 31.4 Å². The minimum absolute atomic E-state index is 0.0569. The van der Waals surface area contributed by atoms with Crippen LogP contribution in [-0.2, 0) is 15.0 Å². The molecule has 0 saturated carbocycles. The van der Waals surface area contributed by atoms with E-state index in [1.165, 1.54) is 11.2 Å². The van der Waals surface area contributed by atoms with E-state index < -0.39 is 17.7 Å². The molecule has 1 amide bonds. The van der Waals surface area contributed by atoms with Gasteiger partial charge in [-0.25, -0.2) is 0 Å². The third-order valence-corrected chi connectivity index (χ3v) is 5.64. The number of hydrogen-bond acceptors (Lipinski definition) is 5. The van der Waals surface area contributed by atoms with Crippen molar-refractivity contribution in [3.05, 3.63) is 59.1 Å². The van der Waals surface area contributed by atoms with Gasteiger partial charge in [0.05, 0.1) is 18.9 Å². The Labute approximate surface area is 183 Å². The predicted molar refractivity (Wildman–Crippen MR) is 119 cm³/mol. The topological polar surface area (TPSA) is 80.0 Å². The number of unbranched alkanes of at least 4 members (excludes halogenated alkanes) is 2. The van der Waals surface area contributed by atoms with E-state index in [1.807, 2.05) is 26.8 Å². The number of rotatable bonds is 7. The number of methoxy groups -OCH3 is 1. The van der Waals surface area contributed by atoms with Gasteiger partial charge in [0.25, 0.3) is 11.7 Å². The van der Waals surface area contributed by atoms with Crippen molar-refractivity contribution >= 4 is 17.4 Å². The zero-order valence-corrected chi connectivity index (χ0v) is 18.9. The Morgan fingerprint density at radius 2 is 1.94 bits per heavy atom. The molecule has 1 N–H and O–H groups in total. The number of ketones is 1. The first-order valence-corrected chi connectivity index (χ1v) is 10.7. The summed E-state index contributed by atoms with van der Waals surface area (Å²) in [5.74, 6) is -0.341. The van der Waals surface area contributed by atoms with Gasteiger partial charge in [0, 0.05) is 17.7 Å². The minimum Gasteiger partial charge on any atom is -0.507 e. The lowest BCUT2D eigenvalue weighted by molar-refractivity contribution is -0.140. The first-order chi connectivity index (χ1) is 14.7. The highest BCUT2D eigenvalue weighted by Gasteiger charge is 2.47. The fourth-order valence-electron chi connectivity index (χ4n) is 3.98. The monoisotopic (exact) mass is 425 g/mol. The summed E-state index contributed by atoms with van der Waals surface area (Å²) in [6, 6.07) is 7.99. The molecule has 1 atom stereocenters. The van der Waals surface area contributed by atoms with Gasteiger partial charge in [-0.15, -0.1) is 0 Å². The Bertz CT molecular complexity index is 982. The predicted octanol–water partition coefficient (Wildman–Crippen LogP) is 5.20. The summed E-state index contributed by atoms with van der Waals surface area (Å²) >= 11 is 0. The van der Waals surface area contributed by atoms with Crippen molar-refractivity contribution in [3.8, 4) is 5.75 Å². The fraction of sp³-hybridized carbons (Fsp3) is 0.440. The molecule has 1 saturated heterocycles. The average Bonchev–Trinajstić information content (AvgIpc) is 3.35. The van der Waals surface area contributed by atoms with E-state index in [9.17, 15) is 14.7 Å². The van der Waals surface area contributed by atoms with E-state index in [0.717, 1.165) is 24.8 Å². The first-order valence-electron chi connectivity index (χ1n) is 10.7. The number of carbonyl (C=O) groups is 2. The summed E-state index contributed by atoms with van der Waals surface area (Å²) in [7, 11) is 1.60. The molecule has 6 heteroatoms. The van der Waals surface area contributed by atoms with Crippen molar-refractivity contribution < 1.29 is 23.8 Å². The van der Waals surface area contributed by atoms with Crippen LogP contribution in [0.25, 0.3) is 5.76 Å². The summed E-state index contributed by atoms with van der Waals surface area (Å²) < 4.78 is 11.1. The second-order valence-corrected chi connectivity index (χ2v) is 8.88. The number of benzene rings is 1. The number of Topliss-reactive ketones (excluding diaryl/α,β-unsaturated/α-hetero) is 1. The molecular weight excluding hydrogens is 394 g/mol. The van der Waals surface area contributed by atoms with Crippen LogP contribution in [-0.4, -0.2) is 35.4 Å². The Morgan fingerprint density at radius 3 is 2.52 bits per heavy atom. The van der Waals surface area contributed by atoms with Crippen LogP contribution in [0.5, 0.6) is 5.75 Å². The Hall–Kier alpha value is -3.02. The molecule has 3 rings (SSSR count). The second kappa shape index (κ2) is 9.00. The molecule has 1 aliphatic rings. The maximum atomic E-state index is 13.0. The van der Waals surface area contributed by atoms with Gasteiger partial charge in [-0.05, 0) is 42.2 Å². The van der Waals surface area contributed by atoms with Crippen LogP contribution in [0.2, 0.25) is 0 Å². The number of aliphatic hydroxyl groups is 1. The van der Waals surface area contributed by atoms with Gasteiger partial charge >= 0.3 is 0 Å². The summed E-state index contributed by atoms with van der Waals surface area (Å²) in [6.45, 7) is 8.64. The minimum atomic E-state index is -0.743. The number of likely N-dealkylation sites (tertiary alicyclic amines) is 1. The number of ether oxygens (including phenoxy) is 1. The van der Waals surface area contributed by atoms with Gasteiger partial charge in [-0.3, -0.25) is 9.59 Å². The summed E-state index contributed by atoms with van der Waals surface area (Å²) in [5.41, 5.74) is 1.18. The summed E-state index contributed by atoms with van der Waals surface area (Å²) in [6.07, 6.45) is 4.22. The highest BCUT2D eigenvalue weighted by Crippen LogP contribution is 2.41. The third-order valence-electron chi connectivity index (χ3n) is 5.64. The molecule has 1 aromatic heterocycles. The first kappa shape index (κ1) is 22.7. The second-order valence-electron chi connectivity index (χ2n) is 8.88. The molecule has 1 fully saturated rings. The zero-order valence-electron chi connectivity index (χ0n) is 18.9. The average molecular weight is 426 g/mol. The van der Waals surface area contributed by atoms with Crippen LogP contribution in [0.4, 0.5) is 0 Å². The number of furan rings is 1. The van der Waals surface area contributed by atoms with Gasteiger partial charge in [-0.2, -0.15) is 0 Å². The lowest BCUT2D eigenvalue weighted by Gasteiger charge is -2.24. The van der Waals surface area contributed by atoms with E-state index in [0.29, 0.717) is 23.6 Å².